The zero-order valence-electron chi connectivity index (χ0n) is 23.7. The standard InChI is InChI=1S/C31H42F3N3O3/c1-4-7-25(28(35)38)26(18-20(2)3)29(39)36-27-8-5-6-17-37(30(27)40)19-21-9-11-22(12-10-21)23-13-15-24(16-14-23)31(32,33)34/h9,11,13-16,20,25-27H,4-8,10,12,17-19H2,1-3H3,(H2,35,38)(H,36,39)/t25-,26?,27-/m0/s1. The minimum absolute atomic E-state index is 0.126. The Balaban J connectivity index is 1.69. The van der Waals surface area contributed by atoms with Crippen LogP contribution < -0.4 is 11.1 Å². The van der Waals surface area contributed by atoms with Crippen molar-refractivity contribution in [3.8, 4) is 0 Å². The van der Waals surface area contributed by atoms with Crippen molar-refractivity contribution in [3.63, 3.8) is 0 Å². The molecule has 1 aliphatic heterocycles. The third-order valence-corrected chi connectivity index (χ3v) is 7.82. The van der Waals surface area contributed by atoms with Crippen LogP contribution in [0.2, 0.25) is 0 Å². The molecule has 1 fully saturated rings. The molecule has 3 N–H and O–H groups in total. The maximum Gasteiger partial charge on any atom is 0.416 e. The van der Waals surface area contributed by atoms with E-state index in [0.29, 0.717) is 45.2 Å². The van der Waals surface area contributed by atoms with Gasteiger partial charge in [0.05, 0.1) is 5.56 Å². The molecule has 3 rings (SSSR count). The predicted molar refractivity (Wildman–Crippen MR) is 150 cm³/mol. The normalized spacial score (nSPS) is 19.9. The summed E-state index contributed by atoms with van der Waals surface area (Å²) in [5, 5.41) is 2.97. The van der Waals surface area contributed by atoms with Gasteiger partial charge in [0.1, 0.15) is 6.04 Å². The number of rotatable bonds is 11. The number of nitrogens with one attached hydrogen (secondary N) is 1. The number of carbonyl (C=O) groups is 3. The van der Waals surface area contributed by atoms with E-state index in [9.17, 15) is 27.6 Å². The number of allylic oxidation sites excluding steroid dienone is 3. The van der Waals surface area contributed by atoms with Gasteiger partial charge >= 0.3 is 6.18 Å². The van der Waals surface area contributed by atoms with Crippen LogP contribution in [0.3, 0.4) is 0 Å². The van der Waals surface area contributed by atoms with E-state index >= 15 is 0 Å². The summed E-state index contributed by atoms with van der Waals surface area (Å²) in [6.45, 7) is 6.98. The summed E-state index contributed by atoms with van der Waals surface area (Å²) in [7, 11) is 0. The molecule has 3 atom stereocenters. The number of likely N-dealkylation sites (tertiary alicyclic amines) is 1. The van der Waals surface area contributed by atoms with E-state index in [4.69, 9.17) is 5.73 Å². The van der Waals surface area contributed by atoms with Gasteiger partial charge in [-0.05, 0) is 74.1 Å². The van der Waals surface area contributed by atoms with Gasteiger partial charge in [0.2, 0.25) is 17.7 Å². The Morgan fingerprint density at radius 2 is 1.77 bits per heavy atom. The Morgan fingerprint density at radius 3 is 2.33 bits per heavy atom. The summed E-state index contributed by atoms with van der Waals surface area (Å²) < 4.78 is 38.7. The number of carbonyl (C=O) groups excluding carboxylic acids is 3. The Labute approximate surface area is 235 Å². The minimum atomic E-state index is -4.36. The van der Waals surface area contributed by atoms with E-state index < -0.39 is 35.5 Å². The van der Waals surface area contributed by atoms with Gasteiger partial charge in [-0.1, -0.05) is 57.0 Å². The van der Waals surface area contributed by atoms with E-state index in [1.165, 1.54) is 12.1 Å². The van der Waals surface area contributed by atoms with Crippen LogP contribution in [0.4, 0.5) is 13.2 Å². The smallest absolute Gasteiger partial charge is 0.369 e. The molecule has 2 aliphatic rings. The van der Waals surface area contributed by atoms with Crippen molar-refractivity contribution < 1.29 is 27.6 Å². The molecule has 1 aromatic rings. The van der Waals surface area contributed by atoms with Crippen LogP contribution in [0.25, 0.3) is 5.57 Å². The largest absolute Gasteiger partial charge is 0.416 e. The average molecular weight is 562 g/mol. The summed E-state index contributed by atoms with van der Waals surface area (Å²) >= 11 is 0. The van der Waals surface area contributed by atoms with Gasteiger partial charge in [0, 0.05) is 24.9 Å². The Hall–Kier alpha value is -3.10. The molecule has 0 radical (unpaired) electrons. The van der Waals surface area contributed by atoms with E-state index in [1.807, 2.05) is 32.9 Å². The molecule has 6 nitrogen and oxygen atoms in total. The summed E-state index contributed by atoms with van der Waals surface area (Å²) in [4.78, 5) is 40.9. The molecular formula is C31H42F3N3O3. The highest BCUT2D eigenvalue weighted by molar-refractivity contribution is 5.91. The van der Waals surface area contributed by atoms with E-state index in [0.717, 1.165) is 48.1 Å². The Morgan fingerprint density at radius 1 is 1.07 bits per heavy atom. The van der Waals surface area contributed by atoms with Gasteiger partial charge in [-0.3, -0.25) is 14.4 Å². The van der Waals surface area contributed by atoms with Crippen molar-refractivity contribution in [1.29, 1.82) is 0 Å². The molecule has 0 saturated carbocycles. The molecule has 9 heteroatoms. The number of nitrogens with two attached hydrogens (primary N) is 1. The topological polar surface area (TPSA) is 92.5 Å². The molecule has 40 heavy (non-hydrogen) atoms. The van der Waals surface area contributed by atoms with Crippen molar-refractivity contribution in [2.24, 2.45) is 23.5 Å². The van der Waals surface area contributed by atoms with Crippen molar-refractivity contribution in [2.45, 2.75) is 84.4 Å². The fourth-order valence-corrected chi connectivity index (χ4v) is 5.66. The van der Waals surface area contributed by atoms with Crippen LogP contribution in [-0.2, 0) is 20.6 Å². The molecule has 1 aromatic carbocycles. The molecule has 0 bridgehead atoms. The van der Waals surface area contributed by atoms with Crippen LogP contribution in [0.1, 0.15) is 83.3 Å². The van der Waals surface area contributed by atoms with Crippen molar-refractivity contribution in [1.82, 2.24) is 10.2 Å². The third kappa shape index (κ3) is 8.45. The lowest BCUT2D eigenvalue weighted by Crippen LogP contribution is -2.51. The van der Waals surface area contributed by atoms with Crippen LogP contribution in [-0.4, -0.2) is 41.8 Å². The number of alkyl halides is 3. The Bertz CT molecular complexity index is 1110. The van der Waals surface area contributed by atoms with E-state index in [-0.39, 0.29) is 17.7 Å². The lowest BCUT2D eigenvalue weighted by atomic mass is 9.81. The molecular weight excluding hydrogens is 519 g/mol. The SMILES string of the molecule is CCC[C@H](C(N)=O)C(CC(C)C)C(=O)N[C@H]1CCCCN(CC2=CC=C(c3ccc(C(F)(F)F)cc3)CC2)C1=O. The second kappa shape index (κ2) is 14.0. The average Bonchev–Trinajstić information content (AvgIpc) is 3.06. The molecule has 1 unspecified atom stereocenters. The van der Waals surface area contributed by atoms with Gasteiger partial charge in [-0.2, -0.15) is 13.2 Å². The summed E-state index contributed by atoms with van der Waals surface area (Å²) in [6.07, 6.45) is 4.81. The lowest BCUT2D eigenvalue weighted by molar-refractivity contribution is -0.139. The highest BCUT2D eigenvalue weighted by atomic mass is 19.4. The molecule has 1 aliphatic carbocycles. The molecule has 0 spiro atoms. The summed E-state index contributed by atoms with van der Waals surface area (Å²) in [6, 6.07) is 4.53. The second-order valence-corrected chi connectivity index (χ2v) is 11.4. The zero-order valence-corrected chi connectivity index (χ0v) is 23.7. The van der Waals surface area contributed by atoms with Crippen molar-refractivity contribution in [3.05, 3.63) is 53.1 Å². The van der Waals surface area contributed by atoms with Gasteiger partial charge in [-0.25, -0.2) is 0 Å². The van der Waals surface area contributed by atoms with Gasteiger partial charge in [0.25, 0.3) is 0 Å². The highest BCUT2D eigenvalue weighted by Gasteiger charge is 2.36. The monoisotopic (exact) mass is 561 g/mol. The van der Waals surface area contributed by atoms with E-state index in [2.05, 4.69) is 5.32 Å². The fraction of sp³-hybridized carbons (Fsp3) is 0.581. The number of hydrogen-bond donors (Lipinski definition) is 2. The van der Waals surface area contributed by atoms with Crippen molar-refractivity contribution in [2.75, 3.05) is 13.1 Å². The first kappa shape index (κ1) is 31.4. The van der Waals surface area contributed by atoms with Crippen molar-refractivity contribution >= 4 is 23.3 Å². The summed E-state index contributed by atoms with van der Waals surface area (Å²) in [5.41, 5.74) is 7.77. The van der Waals surface area contributed by atoms with Gasteiger partial charge < -0.3 is 16.0 Å². The number of amides is 3. The molecule has 1 heterocycles. The number of benzene rings is 1. The number of hydrogen-bond acceptors (Lipinski definition) is 3. The highest BCUT2D eigenvalue weighted by Crippen LogP contribution is 2.33. The second-order valence-electron chi connectivity index (χ2n) is 11.4. The Kier molecular flexibility index (Phi) is 11.0. The quantitative estimate of drug-likeness (QED) is 0.354. The zero-order chi connectivity index (χ0) is 29.4. The summed E-state index contributed by atoms with van der Waals surface area (Å²) in [5.74, 6) is -1.84. The molecule has 1 saturated heterocycles. The van der Waals surface area contributed by atoms with E-state index in [1.54, 1.807) is 4.90 Å². The lowest BCUT2D eigenvalue weighted by Gasteiger charge is -2.30. The molecule has 220 valence electrons. The number of nitrogens with zero attached hydrogens (tertiary/aromatic N) is 1. The number of primary amides is 1. The molecule has 3 amide bonds. The third-order valence-electron chi connectivity index (χ3n) is 7.82. The number of halogens is 3. The fourth-order valence-electron chi connectivity index (χ4n) is 5.66. The first-order chi connectivity index (χ1) is 18.9. The first-order valence-electron chi connectivity index (χ1n) is 14.3. The maximum atomic E-state index is 13.5. The van der Waals surface area contributed by atoms with Crippen LogP contribution in [0, 0.1) is 17.8 Å². The predicted octanol–water partition coefficient (Wildman–Crippen LogP) is 5.87. The first-order valence-corrected chi connectivity index (χ1v) is 14.3. The van der Waals surface area contributed by atoms with Crippen LogP contribution >= 0.6 is 0 Å². The van der Waals surface area contributed by atoms with Crippen LogP contribution in [0.5, 0.6) is 0 Å². The van der Waals surface area contributed by atoms with Crippen LogP contribution in [0.15, 0.2) is 42.0 Å². The maximum absolute atomic E-state index is 13.5. The molecule has 0 aromatic heterocycles. The van der Waals surface area contributed by atoms with Gasteiger partial charge in [-0.15, -0.1) is 0 Å². The minimum Gasteiger partial charge on any atom is -0.369 e. The van der Waals surface area contributed by atoms with Gasteiger partial charge in [0.15, 0.2) is 0 Å².